The fourth-order valence-electron chi connectivity index (χ4n) is 2.16. The lowest BCUT2D eigenvalue weighted by Crippen LogP contribution is -2.08. The molecule has 0 bridgehead atoms. The predicted octanol–water partition coefficient (Wildman–Crippen LogP) is 4.75. The van der Waals surface area contributed by atoms with Crippen LogP contribution in [-0.4, -0.2) is 16.5 Å². The Morgan fingerprint density at radius 3 is 2.30 bits per heavy atom. The third-order valence-corrected chi connectivity index (χ3v) is 3.73. The zero-order chi connectivity index (χ0) is 14.7. The van der Waals surface area contributed by atoms with Gasteiger partial charge in [-0.05, 0) is 32.4 Å². The molecule has 1 aromatic carbocycles. The number of rotatable bonds is 4. The third-order valence-electron chi connectivity index (χ3n) is 3.10. The maximum atomic E-state index is 6.23. The van der Waals surface area contributed by atoms with Crippen LogP contribution in [0, 0.1) is 6.92 Å². The predicted molar refractivity (Wildman–Crippen MR) is 85.8 cm³/mol. The molecule has 5 heteroatoms. The number of hydrogen-bond acceptors (Lipinski definition) is 3. The van der Waals surface area contributed by atoms with E-state index >= 15 is 0 Å². The number of benzene rings is 1. The van der Waals surface area contributed by atoms with Gasteiger partial charge in [0.25, 0.3) is 0 Å². The number of aromatic nitrogens is 2. The molecule has 3 nitrogen and oxygen atoms in total. The molecule has 0 aliphatic rings. The van der Waals surface area contributed by atoms with E-state index in [1.165, 1.54) is 0 Å². The van der Waals surface area contributed by atoms with Crippen molar-refractivity contribution in [1.29, 1.82) is 0 Å². The average Bonchev–Trinajstić information content (AvgIpc) is 2.38. The molecule has 106 valence electrons. The van der Waals surface area contributed by atoms with Crippen molar-refractivity contribution in [3.05, 3.63) is 39.5 Å². The van der Waals surface area contributed by atoms with Crippen LogP contribution in [0.5, 0.6) is 0 Å². The van der Waals surface area contributed by atoms with E-state index in [1.807, 2.05) is 19.9 Å². The Balaban J connectivity index is 2.64. The summed E-state index contributed by atoms with van der Waals surface area (Å²) < 4.78 is 0. The van der Waals surface area contributed by atoms with Crippen LogP contribution in [0.2, 0.25) is 10.0 Å². The molecule has 1 heterocycles. The first-order chi connectivity index (χ1) is 9.58. The van der Waals surface area contributed by atoms with Gasteiger partial charge < -0.3 is 5.32 Å². The minimum Gasteiger partial charge on any atom is -0.370 e. The van der Waals surface area contributed by atoms with Crippen molar-refractivity contribution in [2.24, 2.45) is 0 Å². The first-order valence-electron chi connectivity index (χ1n) is 6.64. The van der Waals surface area contributed by atoms with Crippen LogP contribution < -0.4 is 5.32 Å². The molecule has 1 N–H and O–H groups in total. The summed E-state index contributed by atoms with van der Waals surface area (Å²) in [5, 5.41) is 4.40. The van der Waals surface area contributed by atoms with Gasteiger partial charge >= 0.3 is 0 Å². The van der Waals surface area contributed by atoms with Gasteiger partial charge in [0.05, 0.1) is 15.6 Å². The highest BCUT2D eigenvalue weighted by atomic mass is 35.5. The molecule has 1 aromatic heterocycles. The number of nitrogens with one attached hydrogen (secondary N) is 1. The summed E-state index contributed by atoms with van der Waals surface area (Å²) in [6, 6.07) is 5.40. The fourth-order valence-corrected chi connectivity index (χ4v) is 2.72. The van der Waals surface area contributed by atoms with Crippen LogP contribution in [0.15, 0.2) is 18.2 Å². The highest BCUT2D eigenvalue weighted by molar-refractivity contribution is 6.38. The van der Waals surface area contributed by atoms with Crippen LogP contribution >= 0.6 is 23.2 Å². The topological polar surface area (TPSA) is 37.8 Å². The summed E-state index contributed by atoms with van der Waals surface area (Å²) in [7, 11) is 0. The van der Waals surface area contributed by atoms with Crippen LogP contribution in [0.1, 0.15) is 25.1 Å². The molecule has 0 amide bonds. The van der Waals surface area contributed by atoms with Crippen LogP contribution in [-0.2, 0) is 6.42 Å². The van der Waals surface area contributed by atoms with E-state index < -0.39 is 0 Å². The van der Waals surface area contributed by atoms with Gasteiger partial charge in [0, 0.05) is 17.8 Å². The van der Waals surface area contributed by atoms with Crippen LogP contribution in [0.3, 0.4) is 0 Å². The summed E-state index contributed by atoms with van der Waals surface area (Å²) in [5.41, 5.74) is 2.75. The Labute approximate surface area is 129 Å². The molecule has 0 atom stereocenters. The molecule has 2 rings (SSSR count). The maximum absolute atomic E-state index is 6.23. The lowest BCUT2D eigenvalue weighted by molar-refractivity contribution is 0.989. The Kier molecular flexibility index (Phi) is 4.84. The van der Waals surface area contributed by atoms with Crippen molar-refractivity contribution < 1.29 is 0 Å². The number of aryl methyl sites for hydroxylation is 1. The average molecular weight is 310 g/mol. The maximum Gasteiger partial charge on any atom is 0.164 e. The summed E-state index contributed by atoms with van der Waals surface area (Å²) in [5.74, 6) is 1.42. The first kappa shape index (κ1) is 15.1. The second-order valence-electron chi connectivity index (χ2n) is 4.44. The second-order valence-corrected chi connectivity index (χ2v) is 5.25. The van der Waals surface area contributed by atoms with E-state index in [2.05, 4.69) is 22.2 Å². The summed E-state index contributed by atoms with van der Waals surface area (Å²) >= 11 is 12.5. The van der Waals surface area contributed by atoms with Crippen LogP contribution in [0.25, 0.3) is 11.4 Å². The van der Waals surface area contributed by atoms with E-state index in [0.717, 1.165) is 30.0 Å². The van der Waals surface area contributed by atoms with Crippen LogP contribution in [0.4, 0.5) is 5.82 Å². The SMILES string of the molecule is CCNc1nc(-c2c(Cl)cccc2Cl)nc(C)c1CC. The highest BCUT2D eigenvalue weighted by Crippen LogP contribution is 2.33. The minimum absolute atomic E-state index is 0.559. The number of hydrogen-bond donors (Lipinski definition) is 1. The lowest BCUT2D eigenvalue weighted by Gasteiger charge is -2.14. The molecule has 2 aromatic rings. The molecule has 0 spiro atoms. The number of nitrogens with zero attached hydrogens (tertiary/aromatic N) is 2. The summed E-state index contributed by atoms with van der Waals surface area (Å²) in [4.78, 5) is 9.15. The molecule has 0 saturated carbocycles. The molecule has 0 aliphatic carbocycles. The lowest BCUT2D eigenvalue weighted by atomic mass is 10.1. The smallest absolute Gasteiger partial charge is 0.164 e. The van der Waals surface area contributed by atoms with E-state index in [-0.39, 0.29) is 0 Å². The monoisotopic (exact) mass is 309 g/mol. The Morgan fingerprint density at radius 1 is 1.10 bits per heavy atom. The van der Waals surface area contributed by atoms with Gasteiger partial charge in [0.15, 0.2) is 5.82 Å². The molecular weight excluding hydrogens is 293 g/mol. The van der Waals surface area contributed by atoms with E-state index in [9.17, 15) is 0 Å². The molecule has 0 radical (unpaired) electrons. The van der Waals surface area contributed by atoms with Crippen molar-refractivity contribution >= 4 is 29.0 Å². The van der Waals surface area contributed by atoms with E-state index in [1.54, 1.807) is 12.1 Å². The summed E-state index contributed by atoms with van der Waals surface area (Å²) in [6.07, 6.45) is 0.880. The van der Waals surface area contributed by atoms with Crippen molar-refractivity contribution in [3.63, 3.8) is 0 Å². The van der Waals surface area contributed by atoms with E-state index in [4.69, 9.17) is 23.2 Å². The van der Waals surface area contributed by atoms with Gasteiger partial charge in [0.1, 0.15) is 5.82 Å². The van der Waals surface area contributed by atoms with Crippen molar-refractivity contribution in [1.82, 2.24) is 9.97 Å². The van der Waals surface area contributed by atoms with Gasteiger partial charge in [-0.15, -0.1) is 0 Å². The quantitative estimate of drug-likeness (QED) is 0.885. The first-order valence-corrected chi connectivity index (χ1v) is 7.39. The molecule has 20 heavy (non-hydrogen) atoms. The largest absolute Gasteiger partial charge is 0.370 e. The molecule has 0 unspecified atom stereocenters. The zero-order valence-electron chi connectivity index (χ0n) is 11.8. The second kappa shape index (κ2) is 6.42. The highest BCUT2D eigenvalue weighted by Gasteiger charge is 2.15. The van der Waals surface area contributed by atoms with Gasteiger partial charge in [-0.2, -0.15) is 0 Å². The molecule has 0 saturated heterocycles. The standard InChI is InChI=1S/C15H17Cl2N3/c1-4-10-9(3)19-15(20-14(10)18-5-2)13-11(16)7-6-8-12(13)17/h6-8H,4-5H2,1-3H3,(H,18,19,20). The molecule has 0 aliphatic heterocycles. The zero-order valence-corrected chi connectivity index (χ0v) is 13.3. The van der Waals surface area contributed by atoms with Crippen molar-refractivity contribution in [2.75, 3.05) is 11.9 Å². The molecule has 0 fully saturated rings. The van der Waals surface area contributed by atoms with E-state index in [0.29, 0.717) is 21.4 Å². The Morgan fingerprint density at radius 2 is 1.75 bits per heavy atom. The minimum atomic E-state index is 0.559. The normalized spacial score (nSPS) is 10.7. The summed E-state index contributed by atoms with van der Waals surface area (Å²) in [6.45, 7) is 6.92. The van der Waals surface area contributed by atoms with Gasteiger partial charge in [0.2, 0.25) is 0 Å². The Bertz CT molecular complexity index is 607. The molecular formula is C15H17Cl2N3. The Hall–Kier alpha value is -1.32. The number of anilines is 1. The van der Waals surface area contributed by atoms with Crippen molar-refractivity contribution in [3.8, 4) is 11.4 Å². The van der Waals surface area contributed by atoms with Gasteiger partial charge in [-0.25, -0.2) is 9.97 Å². The van der Waals surface area contributed by atoms with Crippen molar-refractivity contribution in [2.45, 2.75) is 27.2 Å². The third kappa shape index (κ3) is 2.89. The fraction of sp³-hybridized carbons (Fsp3) is 0.333. The van der Waals surface area contributed by atoms with Gasteiger partial charge in [-0.1, -0.05) is 36.2 Å². The number of halogens is 2. The van der Waals surface area contributed by atoms with Gasteiger partial charge in [-0.3, -0.25) is 0 Å².